The Labute approximate surface area is 120 Å². The topological polar surface area (TPSA) is 23.5 Å². The van der Waals surface area contributed by atoms with Crippen LogP contribution in [0.15, 0.2) is 11.4 Å². The molecule has 2 nitrogen and oxygen atoms in total. The van der Waals surface area contributed by atoms with Gasteiger partial charge in [-0.05, 0) is 31.2 Å². The van der Waals surface area contributed by atoms with Gasteiger partial charge in [0.1, 0.15) is 6.61 Å². The van der Waals surface area contributed by atoms with E-state index >= 15 is 0 Å². The van der Waals surface area contributed by atoms with Gasteiger partial charge >= 0.3 is 0 Å². The molecule has 0 aromatic carbocycles. The Morgan fingerprint density at radius 2 is 2.21 bits per heavy atom. The van der Waals surface area contributed by atoms with Crippen LogP contribution in [0.3, 0.4) is 0 Å². The summed E-state index contributed by atoms with van der Waals surface area (Å²) in [5, 5.41) is 10.8. The zero-order valence-corrected chi connectivity index (χ0v) is 12.8. The number of nitrogens with zero attached hydrogens (tertiary/aromatic N) is 1. The van der Waals surface area contributed by atoms with Crippen molar-refractivity contribution in [1.82, 2.24) is 4.90 Å². The van der Waals surface area contributed by atoms with Gasteiger partial charge in [-0.3, -0.25) is 4.90 Å². The second kappa shape index (κ2) is 6.56. The molecule has 1 aliphatic heterocycles. The lowest BCUT2D eigenvalue weighted by molar-refractivity contribution is 0.0739. The lowest BCUT2D eigenvalue weighted by Crippen LogP contribution is -2.44. The molecule has 1 N–H and O–H groups in total. The van der Waals surface area contributed by atoms with E-state index in [4.69, 9.17) is 5.11 Å². The number of aliphatic hydroxyl groups excluding tert-OH is 1. The number of hydrogen-bond donors (Lipinski definition) is 1. The molecular weight excluding hydrogens is 254 g/mol. The van der Waals surface area contributed by atoms with Crippen LogP contribution >= 0.6 is 11.3 Å². The molecule has 3 atom stereocenters. The van der Waals surface area contributed by atoms with Crippen LogP contribution in [-0.4, -0.2) is 29.2 Å². The van der Waals surface area contributed by atoms with E-state index < -0.39 is 0 Å². The number of likely N-dealkylation sites (tertiary alicyclic amines) is 1. The van der Waals surface area contributed by atoms with Gasteiger partial charge in [0.2, 0.25) is 0 Å². The van der Waals surface area contributed by atoms with Crippen molar-refractivity contribution in [3.8, 4) is 11.8 Å². The van der Waals surface area contributed by atoms with E-state index in [0.29, 0.717) is 6.04 Å². The molecule has 19 heavy (non-hydrogen) atoms. The first-order chi connectivity index (χ1) is 9.10. The van der Waals surface area contributed by atoms with Gasteiger partial charge in [-0.25, -0.2) is 0 Å². The lowest BCUT2D eigenvalue weighted by Gasteiger charge is -2.40. The van der Waals surface area contributed by atoms with Gasteiger partial charge in [0, 0.05) is 35.0 Å². The van der Waals surface area contributed by atoms with Crippen molar-refractivity contribution < 1.29 is 5.11 Å². The molecule has 0 aliphatic carbocycles. The molecule has 0 spiro atoms. The average molecular weight is 277 g/mol. The zero-order chi connectivity index (χ0) is 13.8. The van der Waals surface area contributed by atoms with Crippen LogP contribution in [0.5, 0.6) is 0 Å². The lowest BCUT2D eigenvalue weighted by atomic mass is 9.86. The third kappa shape index (κ3) is 3.82. The van der Waals surface area contributed by atoms with Gasteiger partial charge in [0.25, 0.3) is 0 Å². The highest BCUT2D eigenvalue weighted by Crippen LogP contribution is 2.29. The van der Waals surface area contributed by atoms with Crippen molar-refractivity contribution in [2.45, 2.75) is 39.8 Å². The highest BCUT2D eigenvalue weighted by Gasteiger charge is 2.28. The molecule has 3 heteroatoms. The molecule has 1 fully saturated rings. The van der Waals surface area contributed by atoms with Crippen molar-refractivity contribution in [3.63, 3.8) is 0 Å². The van der Waals surface area contributed by atoms with Gasteiger partial charge in [-0.1, -0.05) is 25.7 Å². The first-order valence-corrected chi connectivity index (χ1v) is 7.89. The molecule has 1 saturated heterocycles. The first-order valence-electron chi connectivity index (χ1n) is 7.01. The molecular formula is C16H23NOS. The largest absolute Gasteiger partial charge is 0.384 e. The van der Waals surface area contributed by atoms with E-state index in [2.05, 4.69) is 49.0 Å². The Morgan fingerprint density at radius 3 is 2.95 bits per heavy atom. The minimum Gasteiger partial charge on any atom is -0.384 e. The van der Waals surface area contributed by atoms with Crippen molar-refractivity contribution >= 4 is 11.3 Å². The fourth-order valence-corrected chi connectivity index (χ4v) is 3.75. The third-order valence-corrected chi connectivity index (χ3v) is 4.97. The SMILES string of the molecule is CC1CC(C)C(C)N(Cc2cc(C#CCO)cs2)C1. The van der Waals surface area contributed by atoms with E-state index in [1.165, 1.54) is 17.8 Å². The maximum Gasteiger partial charge on any atom is 0.104 e. The molecule has 1 aromatic rings. The predicted octanol–water partition coefficient (Wildman–Crippen LogP) is 2.96. The second-order valence-electron chi connectivity index (χ2n) is 5.75. The van der Waals surface area contributed by atoms with Crippen LogP contribution in [0.1, 0.15) is 37.6 Å². The maximum absolute atomic E-state index is 8.71. The summed E-state index contributed by atoms with van der Waals surface area (Å²) < 4.78 is 0. The molecule has 2 heterocycles. The molecule has 2 rings (SSSR count). The minimum atomic E-state index is -0.0661. The Kier molecular flexibility index (Phi) is 5.04. The van der Waals surface area contributed by atoms with Crippen LogP contribution in [0.2, 0.25) is 0 Å². The Balaban J connectivity index is 2.01. The summed E-state index contributed by atoms with van der Waals surface area (Å²) >= 11 is 1.77. The van der Waals surface area contributed by atoms with E-state index in [1.807, 2.05) is 0 Å². The van der Waals surface area contributed by atoms with Gasteiger partial charge < -0.3 is 5.11 Å². The standard InChI is InChI=1S/C16H23NOS/c1-12-7-13(2)14(3)17(9-12)10-16-8-15(11-19-16)5-4-6-18/h8,11-14,18H,6-7,9-10H2,1-3H3. The molecule has 3 unspecified atom stereocenters. The van der Waals surface area contributed by atoms with Crippen molar-refractivity contribution in [3.05, 3.63) is 21.9 Å². The number of piperidine rings is 1. The molecule has 104 valence electrons. The number of aliphatic hydroxyl groups is 1. The van der Waals surface area contributed by atoms with E-state index in [0.717, 1.165) is 23.9 Å². The Hall–Kier alpha value is -0.820. The summed E-state index contributed by atoms with van der Waals surface area (Å²) in [6.45, 7) is 9.21. The summed E-state index contributed by atoms with van der Waals surface area (Å²) in [5.41, 5.74) is 1.03. The molecule has 0 saturated carbocycles. The summed E-state index contributed by atoms with van der Waals surface area (Å²) in [4.78, 5) is 3.96. The Morgan fingerprint density at radius 1 is 1.42 bits per heavy atom. The molecule has 1 aliphatic rings. The van der Waals surface area contributed by atoms with E-state index in [1.54, 1.807) is 11.3 Å². The quantitative estimate of drug-likeness (QED) is 0.840. The summed E-state index contributed by atoms with van der Waals surface area (Å²) in [7, 11) is 0. The smallest absolute Gasteiger partial charge is 0.104 e. The van der Waals surface area contributed by atoms with Gasteiger partial charge in [0.15, 0.2) is 0 Å². The van der Waals surface area contributed by atoms with Crippen molar-refractivity contribution in [2.24, 2.45) is 11.8 Å². The second-order valence-corrected chi connectivity index (χ2v) is 6.75. The Bertz CT molecular complexity index is 471. The van der Waals surface area contributed by atoms with Crippen LogP contribution in [0, 0.1) is 23.7 Å². The number of rotatable bonds is 2. The summed E-state index contributed by atoms with van der Waals surface area (Å²) in [5.74, 6) is 7.24. The highest BCUT2D eigenvalue weighted by atomic mass is 32.1. The summed E-state index contributed by atoms with van der Waals surface area (Å²) in [6.07, 6.45) is 1.34. The molecule has 0 bridgehead atoms. The normalized spacial score (nSPS) is 27.9. The number of hydrogen-bond acceptors (Lipinski definition) is 3. The first kappa shape index (κ1) is 14.6. The highest BCUT2D eigenvalue weighted by molar-refractivity contribution is 7.10. The van der Waals surface area contributed by atoms with Crippen LogP contribution in [0.25, 0.3) is 0 Å². The average Bonchev–Trinajstić information content (AvgIpc) is 2.80. The molecule has 0 radical (unpaired) electrons. The third-order valence-electron chi connectivity index (χ3n) is 4.04. The zero-order valence-electron chi connectivity index (χ0n) is 12.0. The van der Waals surface area contributed by atoms with Crippen molar-refractivity contribution in [1.29, 1.82) is 0 Å². The van der Waals surface area contributed by atoms with Gasteiger partial charge in [0.05, 0.1) is 0 Å². The monoisotopic (exact) mass is 277 g/mol. The molecule has 0 amide bonds. The van der Waals surface area contributed by atoms with Crippen LogP contribution < -0.4 is 0 Å². The van der Waals surface area contributed by atoms with E-state index in [9.17, 15) is 0 Å². The van der Waals surface area contributed by atoms with Gasteiger partial charge in [-0.15, -0.1) is 11.3 Å². The van der Waals surface area contributed by atoms with Crippen LogP contribution in [-0.2, 0) is 6.54 Å². The predicted molar refractivity (Wildman–Crippen MR) is 81.1 cm³/mol. The van der Waals surface area contributed by atoms with Crippen LogP contribution in [0.4, 0.5) is 0 Å². The molecule has 1 aromatic heterocycles. The summed E-state index contributed by atoms with van der Waals surface area (Å²) in [6, 6.07) is 2.81. The van der Waals surface area contributed by atoms with Gasteiger partial charge in [-0.2, -0.15) is 0 Å². The fourth-order valence-electron chi connectivity index (χ4n) is 2.91. The van der Waals surface area contributed by atoms with E-state index in [-0.39, 0.29) is 6.61 Å². The fraction of sp³-hybridized carbons (Fsp3) is 0.625. The number of thiophene rings is 1. The maximum atomic E-state index is 8.71. The minimum absolute atomic E-state index is 0.0661. The van der Waals surface area contributed by atoms with Crippen molar-refractivity contribution in [2.75, 3.05) is 13.2 Å².